The van der Waals surface area contributed by atoms with Gasteiger partial charge in [0, 0.05) is 18.3 Å². The van der Waals surface area contributed by atoms with Gasteiger partial charge >= 0.3 is 0 Å². The van der Waals surface area contributed by atoms with Crippen molar-refractivity contribution in [2.75, 3.05) is 19.5 Å². The quantitative estimate of drug-likeness (QED) is 0.853. The Balaban J connectivity index is 2.08. The van der Waals surface area contributed by atoms with Gasteiger partial charge in [0.25, 0.3) is 11.8 Å². The van der Waals surface area contributed by atoms with Crippen LogP contribution in [0.1, 0.15) is 18.1 Å². The summed E-state index contributed by atoms with van der Waals surface area (Å²) >= 11 is 0. The second-order valence-electron chi connectivity index (χ2n) is 5.80. The van der Waals surface area contributed by atoms with Crippen molar-refractivity contribution in [1.29, 1.82) is 0 Å². The number of imide groups is 1. The van der Waals surface area contributed by atoms with Gasteiger partial charge in [-0.05, 0) is 30.2 Å². The maximum atomic E-state index is 12.6. The number of nitrogens with zero attached hydrogens (tertiary/aromatic N) is 1. The summed E-state index contributed by atoms with van der Waals surface area (Å²) in [4.78, 5) is 26.3. The number of amides is 2. The third-order valence-corrected chi connectivity index (χ3v) is 4.29. The highest BCUT2D eigenvalue weighted by Crippen LogP contribution is 2.34. The Morgan fingerprint density at radius 2 is 1.68 bits per heavy atom. The molecule has 0 unspecified atom stereocenters. The molecule has 5 heteroatoms. The van der Waals surface area contributed by atoms with E-state index in [-0.39, 0.29) is 17.5 Å². The second-order valence-corrected chi connectivity index (χ2v) is 5.80. The number of ether oxygens (including phenoxy) is 1. The SMILES string of the molecule is CCc1ccc(NC2=C(c3ccccc3OC)C(=O)N(C)C2=O)cc1. The zero-order chi connectivity index (χ0) is 18.0. The molecule has 2 aromatic rings. The molecule has 0 aromatic heterocycles. The van der Waals surface area contributed by atoms with Crippen molar-refractivity contribution < 1.29 is 14.3 Å². The molecule has 2 amide bonds. The summed E-state index contributed by atoms with van der Waals surface area (Å²) < 4.78 is 5.36. The molecule has 0 atom stereocenters. The number of methoxy groups -OCH3 is 1. The van der Waals surface area contributed by atoms with Gasteiger partial charge in [0.15, 0.2) is 0 Å². The minimum absolute atomic E-state index is 0.265. The van der Waals surface area contributed by atoms with E-state index < -0.39 is 0 Å². The minimum atomic E-state index is -0.356. The summed E-state index contributed by atoms with van der Waals surface area (Å²) in [5.74, 6) is -0.151. The van der Waals surface area contributed by atoms with Gasteiger partial charge in [0.05, 0.1) is 12.7 Å². The maximum absolute atomic E-state index is 12.6. The third-order valence-electron chi connectivity index (χ3n) is 4.29. The van der Waals surface area contributed by atoms with Crippen molar-refractivity contribution in [2.45, 2.75) is 13.3 Å². The van der Waals surface area contributed by atoms with Crippen LogP contribution >= 0.6 is 0 Å². The van der Waals surface area contributed by atoms with Crippen LogP contribution in [0.25, 0.3) is 5.57 Å². The number of carbonyl (C=O) groups is 2. The lowest BCUT2D eigenvalue weighted by atomic mass is 10.0. The number of anilines is 1. The molecule has 1 aliphatic heterocycles. The van der Waals surface area contributed by atoms with E-state index in [4.69, 9.17) is 4.74 Å². The first-order valence-corrected chi connectivity index (χ1v) is 8.12. The van der Waals surface area contributed by atoms with Gasteiger partial charge in [-0.2, -0.15) is 0 Å². The normalized spacial score (nSPS) is 14.3. The number of aryl methyl sites for hydroxylation is 1. The molecule has 0 aliphatic carbocycles. The lowest BCUT2D eigenvalue weighted by molar-refractivity contribution is -0.135. The van der Waals surface area contributed by atoms with Gasteiger partial charge in [-0.25, -0.2) is 0 Å². The van der Waals surface area contributed by atoms with E-state index in [0.29, 0.717) is 16.9 Å². The molecule has 5 nitrogen and oxygen atoms in total. The molecule has 1 heterocycles. The number of carbonyl (C=O) groups excluding carboxylic acids is 2. The van der Waals surface area contributed by atoms with Gasteiger partial charge in [0.2, 0.25) is 0 Å². The van der Waals surface area contributed by atoms with Crippen molar-refractivity contribution in [3.05, 3.63) is 65.4 Å². The summed E-state index contributed by atoms with van der Waals surface area (Å²) in [6, 6.07) is 15.0. The van der Waals surface area contributed by atoms with Crippen molar-refractivity contribution in [3.63, 3.8) is 0 Å². The number of benzene rings is 2. The molecule has 0 radical (unpaired) electrons. The lowest BCUT2D eigenvalue weighted by Crippen LogP contribution is -2.27. The molecule has 0 spiro atoms. The number of rotatable bonds is 5. The van der Waals surface area contributed by atoms with E-state index in [1.807, 2.05) is 36.4 Å². The van der Waals surface area contributed by atoms with E-state index in [1.165, 1.54) is 12.6 Å². The average molecular weight is 336 g/mol. The Labute approximate surface area is 146 Å². The summed E-state index contributed by atoms with van der Waals surface area (Å²) in [5, 5.41) is 3.11. The van der Waals surface area contributed by atoms with Crippen LogP contribution in [0.5, 0.6) is 5.75 Å². The Hall–Kier alpha value is -3.08. The summed E-state index contributed by atoms with van der Waals surface area (Å²) in [6.45, 7) is 2.08. The Morgan fingerprint density at radius 1 is 1.00 bits per heavy atom. The number of nitrogens with one attached hydrogen (secondary N) is 1. The number of hydrogen-bond donors (Lipinski definition) is 1. The van der Waals surface area contributed by atoms with Crippen molar-refractivity contribution >= 4 is 23.1 Å². The average Bonchev–Trinajstić information content (AvgIpc) is 2.86. The Morgan fingerprint density at radius 3 is 2.32 bits per heavy atom. The monoisotopic (exact) mass is 336 g/mol. The van der Waals surface area contributed by atoms with Crippen LogP contribution in [0, 0.1) is 0 Å². The summed E-state index contributed by atoms with van der Waals surface area (Å²) in [6.07, 6.45) is 0.940. The topological polar surface area (TPSA) is 58.6 Å². The van der Waals surface area contributed by atoms with Crippen LogP contribution in [0.4, 0.5) is 5.69 Å². The molecule has 128 valence electrons. The predicted molar refractivity (Wildman–Crippen MR) is 97.1 cm³/mol. The summed E-state index contributed by atoms with van der Waals surface area (Å²) in [5.41, 5.74) is 3.15. The highest BCUT2D eigenvalue weighted by atomic mass is 16.5. The highest BCUT2D eigenvalue weighted by Gasteiger charge is 2.37. The smallest absolute Gasteiger partial charge is 0.277 e. The first kappa shape index (κ1) is 16.8. The Bertz CT molecular complexity index is 853. The molecule has 3 rings (SSSR count). The lowest BCUT2D eigenvalue weighted by Gasteiger charge is -2.11. The molecule has 25 heavy (non-hydrogen) atoms. The third kappa shape index (κ3) is 3.01. The molecule has 0 bridgehead atoms. The zero-order valence-corrected chi connectivity index (χ0v) is 14.5. The number of hydrogen-bond acceptors (Lipinski definition) is 4. The van der Waals surface area contributed by atoms with Gasteiger partial charge in [-0.3, -0.25) is 14.5 Å². The van der Waals surface area contributed by atoms with Crippen LogP contribution in [0.3, 0.4) is 0 Å². The molecule has 0 saturated carbocycles. The van der Waals surface area contributed by atoms with E-state index in [0.717, 1.165) is 17.0 Å². The Kier molecular flexibility index (Phi) is 4.57. The molecule has 1 N–H and O–H groups in total. The van der Waals surface area contributed by atoms with Crippen molar-refractivity contribution in [2.24, 2.45) is 0 Å². The molecular weight excluding hydrogens is 316 g/mol. The van der Waals surface area contributed by atoms with Gasteiger partial charge < -0.3 is 10.1 Å². The summed E-state index contributed by atoms with van der Waals surface area (Å²) in [7, 11) is 3.02. The second kappa shape index (κ2) is 6.81. The standard InChI is InChI=1S/C20H20N2O3/c1-4-13-9-11-14(12-10-13)21-18-17(19(23)22(2)20(18)24)15-7-5-6-8-16(15)25-3/h5-12,21H,4H2,1-3H3. The first-order valence-electron chi connectivity index (χ1n) is 8.12. The van der Waals surface area contributed by atoms with E-state index in [2.05, 4.69) is 12.2 Å². The maximum Gasteiger partial charge on any atom is 0.277 e. The van der Waals surface area contributed by atoms with Crippen LogP contribution < -0.4 is 10.1 Å². The molecule has 2 aromatic carbocycles. The molecule has 0 fully saturated rings. The highest BCUT2D eigenvalue weighted by molar-refractivity contribution is 6.36. The van der Waals surface area contributed by atoms with Crippen molar-refractivity contribution in [1.82, 2.24) is 4.90 Å². The molecular formula is C20H20N2O3. The van der Waals surface area contributed by atoms with Gasteiger partial charge in [0.1, 0.15) is 11.4 Å². The first-order chi connectivity index (χ1) is 12.1. The van der Waals surface area contributed by atoms with Crippen LogP contribution in [-0.2, 0) is 16.0 Å². The van der Waals surface area contributed by atoms with Crippen LogP contribution in [-0.4, -0.2) is 30.9 Å². The largest absolute Gasteiger partial charge is 0.496 e. The zero-order valence-electron chi connectivity index (χ0n) is 14.5. The predicted octanol–water partition coefficient (Wildman–Crippen LogP) is 3.08. The van der Waals surface area contributed by atoms with E-state index in [1.54, 1.807) is 19.2 Å². The van der Waals surface area contributed by atoms with Crippen LogP contribution in [0.2, 0.25) is 0 Å². The fourth-order valence-corrected chi connectivity index (χ4v) is 2.83. The fraction of sp³-hybridized carbons (Fsp3) is 0.200. The van der Waals surface area contributed by atoms with E-state index in [9.17, 15) is 9.59 Å². The molecule has 0 saturated heterocycles. The number of likely N-dealkylation sites (N-methyl/N-ethyl adjacent to an activating group) is 1. The fourth-order valence-electron chi connectivity index (χ4n) is 2.83. The minimum Gasteiger partial charge on any atom is -0.496 e. The number of para-hydroxylation sites is 1. The van der Waals surface area contributed by atoms with Crippen LogP contribution in [0.15, 0.2) is 54.2 Å². The van der Waals surface area contributed by atoms with Gasteiger partial charge in [-0.1, -0.05) is 37.3 Å². The van der Waals surface area contributed by atoms with E-state index >= 15 is 0 Å². The van der Waals surface area contributed by atoms with Gasteiger partial charge in [-0.15, -0.1) is 0 Å². The molecule has 1 aliphatic rings. The van der Waals surface area contributed by atoms with Crippen molar-refractivity contribution in [3.8, 4) is 5.75 Å².